The van der Waals surface area contributed by atoms with Crippen LogP contribution in [0.3, 0.4) is 0 Å². The molecular weight excluding hydrogens is 144 g/mol. The predicted octanol–water partition coefficient (Wildman–Crippen LogP) is 0.381. The van der Waals surface area contributed by atoms with E-state index in [2.05, 4.69) is 5.32 Å². The third kappa shape index (κ3) is 2.38. The largest absolute Gasteiger partial charge is 0.465 e. The lowest BCUT2D eigenvalue weighted by molar-refractivity contribution is 0.190. The predicted molar refractivity (Wildman–Crippen MR) is 41.3 cm³/mol. The summed E-state index contributed by atoms with van der Waals surface area (Å²) in [5.74, 6) is 0.520. The normalized spacial score (nSPS) is 30.3. The van der Waals surface area contributed by atoms with Crippen molar-refractivity contribution in [1.29, 1.82) is 0 Å². The highest BCUT2D eigenvalue weighted by Crippen LogP contribution is 2.24. The first kappa shape index (κ1) is 8.33. The van der Waals surface area contributed by atoms with Crippen LogP contribution in [-0.4, -0.2) is 23.8 Å². The van der Waals surface area contributed by atoms with Crippen LogP contribution < -0.4 is 11.1 Å². The van der Waals surface area contributed by atoms with Crippen LogP contribution in [0.1, 0.15) is 19.3 Å². The molecule has 4 heteroatoms. The van der Waals surface area contributed by atoms with Gasteiger partial charge in [0.1, 0.15) is 0 Å². The van der Waals surface area contributed by atoms with E-state index in [0.29, 0.717) is 12.5 Å². The van der Waals surface area contributed by atoms with Crippen molar-refractivity contribution in [1.82, 2.24) is 5.32 Å². The lowest BCUT2D eigenvalue weighted by Gasteiger charge is -2.08. The molecule has 0 bridgehead atoms. The standard InChI is InChI=1S/C7H14N2O2/c8-4-5-1-2-6(3-5)9-7(10)11/h5-6,9H,1-4,8H2,(H,10,11). The average Bonchev–Trinajstić information content (AvgIpc) is 2.34. The van der Waals surface area contributed by atoms with Crippen LogP contribution in [0.4, 0.5) is 4.79 Å². The van der Waals surface area contributed by atoms with Crippen molar-refractivity contribution >= 4 is 6.09 Å². The van der Waals surface area contributed by atoms with Crippen molar-refractivity contribution in [2.45, 2.75) is 25.3 Å². The molecule has 2 atom stereocenters. The van der Waals surface area contributed by atoms with Gasteiger partial charge in [-0.05, 0) is 31.7 Å². The second-order valence-corrected chi connectivity index (χ2v) is 3.06. The van der Waals surface area contributed by atoms with E-state index in [-0.39, 0.29) is 6.04 Å². The zero-order valence-electron chi connectivity index (χ0n) is 6.42. The van der Waals surface area contributed by atoms with Gasteiger partial charge in [-0.25, -0.2) is 4.79 Å². The first-order valence-electron chi connectivity index (χ1n) is 3.92. The molecule has 0 aromatic rings. The number of rotatable bonds is 2. The Bertz CT molecular complexity index is 149. The van der Waals surface area contributed by atoms with Gasteiger partial charge in [-0.2, -0.15) is 0 Å². The second kappa shape index (κ2) is 3.57. The Kier molecular flexibility index (Phi) is 2.70. The summed E-state index contributed by atoms with van der Waals surface area (Å²) in [5.41, 5.74) is 5.45. The zero-order valence-corrected chi connectivity index (χ0v) is 6.42. The van der Waals surface area contributed by atoms with Crippen LogP contribution in [-0.2, 0) is 0 Å². The Balaban J connectivity index is 2.24. The molecule has 0 saturated heterocycles. The van der Waals surface area contributed by atoms with Gasteiger partial charge in [0.05, 0.1) is 0 Å². The molecule has 0 radical (unpaired) electrons. The van der Waals surface area contributed by atoms with Gasteiger partial charge >= 0.3 is 6.09 Å². The zero-order chi connectivity index (χ0) is 8.27. The van der Waals surface area contributed by atoms with E-state index in [9.17, 15) is 4.79 Å². The molecule has 0 aromatic carbocycles. The van der Waals surface area contributed by atoms with Gasteiger partial charge in [0.2, 0.25) is 0 Å². The van der Waals surface area contributed by atoms with Gasteiger partial charge in [-0.15, -0.1) is 0 Å². The van der Waals surface area contributed by atoms with Gasteiger partial charge in [0, 0.05) is 6.04 Å². The summed E-state index contributed by atoms with van der Waals surface area (Å²) in [6.07, 6.45) is 1.98. The lowest BCUT2D eigenvalue weighted by Crippen LogP contribution is -2.31. The van der Waals surface area contributed by atoms with Crippen molar-refractivity contribution in [3.05, 3.63) is 0 Å². The fourth-order valence-corrected chi connectivity index (χ4v) is 1.59. The topological polar surface area (TPSA) is 75.3 Å². The molecule has 11 heavy (non-hydrogen) atoms. The highest BCUT2D eigenvalue weighted by molar-refractivity contribution is 5.64. The van der Waals surface area contributed by atoms with Crippen LogP contribution in [0.25, 0.3) is 0 Å². The fraction of sp³-hybridized carbons (Fsp3) is 0.857. The summed E-state index contributed by atoms with van der Waals surface area (Å²) in [5, 5.41) is 10.9. The number of hydrogen-bond donors (Lipinski definition) is 3. The Morgan fingerprint density at radius 1 is 1.64 bits per heavy atom. The van der Waals surface area contributed by atoms with Crippen LogP contribution in [0.5, 0.6) is 0 Å². The molecule has 0 aromatic heterocycles. The molecule has 1 aliphatic carbocycles. The molecule has 4 nitrogen and oxygen atoms in total. The number of hydrogen-bond acceptors (Lipinski definition) is 2. The summed E-state index contributed by atoms with van der Waals surface area (Å²) in [4.78, 5) is 10.2. The minimum absolute atomic E-state index is 0.140. The highest BCUT2D eigenvalue weighted by atomic mass is 16.4. The minimum atomic E-state index is -0.923. The molecule has 1 rings (SSSR count). The van der Waals surface area contributed by atoms with Crippen molar-refractivity contribution in [3.8, 4) is 0 Å². The van der Waals surface area contributed by atoms with Crippen LogP contribution in [0.2, 0.25) is 0 Å². The maximum absolute atomic E-state index is 10.2. The van der Waals surface area contributed by atoms with E-state index in [1.807, 2.05) is 0 Å². The van der Waals surface area contributed by atoms with Gasteiger partial charge in [-0.1, -0.05) is 0 Å². The van der Waals surface area contributed by atoms with Crippen LogP contribution >= 0.6 is 0 Å². The summed E-state index contributed by atoms with van der Waals surface area (Å²) in [6.45, 7) is 0.678. The van der Waals surface area contributed by atoms with E-state index < -0.39 is 6.09 Å². The number of amides is 1. The monoisotopic (exact) mass is 158 g/mol. The Morgan fingerprint density at radius 2 is 2.36 bits per heavy atom. The molecular formula is C7H14N2O2. The summed E-state index contributed by atoms with van der Waals surface area (Å²) < 4.78 is 0. The smallest absolute Gasteiger partial charge is 0.404 e. The van der Waals surface area contributed by atoms with Gasteiger partial charge < -0.3 is 16.2 Å². The molecule has 1 saturated carbocycles. The molecule has 2 unspecified atom stereocenters. The summed E-state index contributed by atoms with van der Waals surface area (Å²) in [6, 6.07) is 0.140. The Labute approximate surface area is 65.8 Å². The van der Waals surface area contributed by atoms with E-state index in [4.69, 9.17) is 10.8 Å². The van der Waals surface area contributed by atoms with E-state index in [1.165, 1.54) is 0 Å². The number of carbonyl (C=O) groups is 1. The van der Waals surface area contributed by atoms with Crippen molar-refractivity contribution in [2.75, 3.05) is 6.54 Å². The highest BCUT2D eigenvalue weighted by Gasteiger charge is 2.24. The van der Waals surface area contributed by atoms with E-state index in [1.54, 1.807) is 0 Å². The Morgan fingerprint density at radius 3 is 2.82 bits per heavy atom. The number of carboxylic acid groups (broad SMARTS) is 1. The first-order chi connectivity index (χ1) is 5.22. The van der Waals surface area contributed by atoms with Gasteiger partial charge in [-0.3, -0.25) is 0 Å². The van der Waals surface area contributed by atoms with Gasteiger partial charge in [0.15, 0.2) is 0 Å². The maximum Gasteiger partial charge on any atom is 0.404 e. The van der Waals surface area contributed by atoms with E-state index in [0.717, 1.165) is 19.3 Å². The molecule has 1 fully saturated rings. The maximum atomic E-state index is 10.2. The van der Waals surface area contributed by atoms with Crippen molar-refractivity contribution in [2.24, 2.45) is 11.7 Å². The van der Waals surface area contributed by atoms with Crippen LogP contribution in [0.15, 0.2) is 0 Å². The van der Waals surface area contributed by atoms with E-state index >= 15 is 0 Å². The first-order valence-corrected chi connectivity index (χ1v) is 3.92. The summed E-state index contributed by atoms with van der Waals surface area (Å²) in [7, 11) is 0. The second-order valence-electron chi connectivity index (χ2n) is 3.06. The summed E-state index contributed by atoms with van der Waals surface area (Å²) >= 11 is 0. The van der Waals surface area contributed by atoms with Crippen molar-refractivity contribution < 1.29 is 9.90 Å². The van der Waals surface area contributed by atoms with Crippen molar-refractivity contribution in [3.63, 3.8) is 0 Å². The number of nitrogens with two attached hydrogens (primary N) is 1. The lowest BCUT2D eigenvalue weighted by atomic mass is 10.1. The quantitative estimate of drug-likeness (QED) is 0.544. The molecule has 0 heterocycles. The number of nitrogens with one attached hydrogen (secondary N) is 1. The molecule has 64 valence electrons. The molecule has 1 amide bonds. The van der Waals surface area contributed by atoms with Gasteiger partial charge in [0.25, 0.3) is 0 Å². The molecule has 0 spiro atoms. The minimum Gasteiger partial charge on any atom is -0.465 e. The van der Waals surface area contributed by atoms with Crippen LogP contribution in [0, 0.1) is 5.92 Å². The fourth-order valence-electron chi connectivity index (χ4n) is 1.59. The third-order valence-corrected chi connectivity index (χ3v) is 2.20. The third-order valence-electron chi connectivity index (χ3n) is 2.20. The average molecular weight is 158 g/mol. The molecule has 4 N–H and O–H groups in total. The SMILES string of the molecule is NCC1CCC(NC(=O)O)C1. The Hall–Kier alpha value is -0.770. The molecule has 0 aliphatic heterocycles. The molecule has 1 aliphatic rings.